The molecule has 1 N–H and O–H groups in total. The number of thiophene rings is 1. The molecular weight excluding hydrogens is 255 g/mol. The zero-order valence-electron chi connectivity index (χ0n) is 10.0. The lowest BCUT2D eigenvalue weighted by atomic mass is 10.1. The average Bonchev–Trinajstić information content (AvgIpc) is 2.86. The molecule has 18 heavy (non-hydrogen) atoms. The predicted molar refractivity (Wildman–Crippen MR) is 67.9 cm³/mol. The molecule has 3 nitrogen and oxygen atoms in total. The lowest BCUT2D eigenvalue weighted by molar-refractivity contribution is 0.218. The number of halogens is 1. The summed E-state index contributed by atoms with van der Waals surface area (Å²) in [6.07, 6.45) is -0.996. The van der Waals surface area contributed by atoms with E-state index in [2.05, 4.69) is 0 Å². The van der Waals surface area contributed by atoms with Crippen molar-refractivity contribution in [2.75, 3.05) is 14.2 Å². The average molecular weight is 268 g/mol. The zero-order chi connectivity index (χ0) is 13.1. The fourth-order valence-electron chi connectivity index (χ4n) is 1.59. The van der Waals surface area contributed by atoms with Gasteiger partial charge in [-0.2, -0.15) is 0 Å². The molecule has 0 aliphatic carbocycles. The Hall–Kier alpha value is -1.59. The quantitative estimate of drug-likeness (QED) is 0.926. The van der Waals surface area contributed by atoms with Gasteiger partial charge in [-0.25, -0.2) is 4.39 Å². The molecule has 2 aromatic rings. The third kappa shape index (κ3) is 2.47. The molecule has 0 saturated heterocycles. The Kier molecular flexibility index (Phi) is 3.84. The maximum Gasteiger partial charge on any atom is 0.133 e. The second-order valence-corrected chi connectivity index (χ2v) is 4.62. The van der Waals surface area contributed by atoms with E-state index in [1.54, 1.807) is 24.6 Å². The van der Waals surface area contributed by atoms with Gasteiger partial charge in [0.2, 0.25) is 0 Å². The highest BCUT2D eigenvalue weighted by molar-refractivity contribution is 7.10. The highest BCUT2D eigenvalue weighted by Crippen LogP contribution is 2.32. The minimum Gasteiger partial charge on any atom is -0.497 e. The van der Waals surface area contributed by atoms with Crippen molar-refractivity contribution in [2.24, 2.45) is 0 Å². The highest BCUT2D eigenvalue weighted by atomic mass is 32.1. The molecule has 1 unspecified atom stereocenters. The van der Waals surface area contributed by atoms with E-state index in [4.69, 9.17) is 9.47 Å². The molecule has 1 atom stereocenters. The molecule has 96 valence electrons. The molecule has 0 bridgehead atoms. The first kappa shape index (κ1) is 12.9. The van der Waals surface area contributed by atoms with E-state index >= 15 is 0 Å². The third-order valence-corrected chi connectivity index (χ3v) is 3.57. The molecule has 1 aromatic carbocycles. The molecule has 0 spiro atoms. The van der Waals surface area contributed by atoms with Crippen molar-refractivity contribution in [3.63, 3.8) is 0 Å². The van der Waals surface area contributed by atoms with Gasteiger partial charge in [0.25, 0.3) is 0 Å². The first-order valence-corrected chi connectivity index (χ1v) is 6.17. The van der Waals surface area contributed by atoms with E-state index < -0.39 is 11.9 Å². The summed E-state index contributed by atoms with van der Waals surface area (Å²) in [6, 6.07) is 6.08. The van der Waals surface area contributed by atoms with Crippen LogP contribution in [0.5, 0.6) is 11.5 Å². The molecule has 0 fully saturated rings. The lowest BCUT2D eigenvalue weighted by Gasteiger charge is -2.11. The molecule has 1 heterocycles. The normalized spacial score (nSPS) is 12.2. The number of rotatable bonds is 4. The molecule has 0 aliphatic rings. The van der Waals surface area contributed by atoms with E-state index in [0.29, 0.717) is 16.4 Å². The van der Waals surface area contributed by atoms with Crippen molar-refractivity contribution in [3.8, 4) is 11.5 Å². The smallest absolute Gasteiger partial charge is 0.133 e. The maximum absolute atomic E-state index is 13.8. The molecule has 1 aromatic heterocycles. The Morgan fingerprint density at radius 3 is 2.44 bits per heavy atom. The summed E-state index contributed by atoms with van der Waals surface area (Å²) in [5.74, 6) is 0.587. The maximum atomic E-state index is 13.8. The van der Waals surface area contributed by atoms with Gasteiger partial charge >= 0.3 is 0 Å². The van der Waals surface area contributed by atoms with Gasteiger partial charge in [-0.05, 0) is 18.2 Å². The Labute approximate surface area is 108 Å². The minimum absolute atomic E-state index is 0.223. The molecule has 0 aliphatic heterocycles. The van der Waals surface area contributed by atoms with Gasteiger partial charge in [-0.15, -0.1) is 11.3 Å². The number of methoxy groups -OCH3 is 2. The number of aliphatic hydroxyl groups excluding tert-OH is 1. The summed E-state index contributed by atoms with van der Waals surface area (Å²) >= 11 is 1.32. The fraction of sp³-hybridized carbons (Fsp3) is 0.231. The van der Waals surface area contributed by atoms with Crippen molar-refractivity contribution in [1.82, 2.24) is 0 Å². The van der Waals surface area contributed by atoms with Crippen molar-refractivity contribution in [1.29, 1.82) is 0 Å². The van der Waals surface area contributed by atoms with E-state index in [1.165, 1.54) is 30.6 Å². The SMILES string of the molecule is COc1csc(C(O)c2ccc(OC)cc2F)c1. The summed E-state index contributed by atoms with van der Waals surface area (Å²) in [7, 11) is 3.02. The van der Waals surface area contributed by atoms with E-state index in [9.17, 15) is 9.50 Å². The van der Waals surface area contributed by atoms with Gasteiger partial charge in [0.05, 0.1) is 14.2 Å². The van der Waals surface area contributed by atoms with Crippen LogP contribution in [0, 0.1) is 5.82 Å². The van der Waals surface area contributed by atoms with Gasteiger partial charge in [0.15, 0.2) is 0 Å². The van der Waals surface area contributed by atoms with E-state index in [-0.39, 0.29) is 5.56 Å². The van der Waals surface area contributed by atoms with Crippen LogP contribution >= 0.6 is 11.3 Å². The Morgan fingerprint density at radius 2 is 1.89 bits per heavy atom. The summed E-state index contributed by atoms with van der Waals surface area (Å²) < 4.78 is 23.7. The summed E-state index contributed by atoms with van der Waals surface area (Å²) in [5.41, 5.74) is 0.223. The third-order valence-electron chi connectivity index (χ3n) is 2.60. The van der Waals surface area contributed by atoms with Crippen LogP contribution in [0.25, 0.3) is 0 Å². The number of hydrogen-bond acceptors (Lipinski definition) is 4. The highest BCUT2D eigenvalue weighted by Gasteiger charge is 2.17. The van der Waals surface area contributed by atoms with Crippen LogP contribution in [0.1, 0.15) is 16.5 Å². The fourth-order valence-corrected chi connectivity index (χ4v) is 2.45. The van der Waals surface area contributed by atoms with Crippen molar-refractivity contribution in [2.45, 2.75) is 6.10 Å². The Balaban J connectivity index is 2.30. The van der Waals surface area contributed by atoms with Crippen LogP contribution in [0.3, 0.4) is 0 Å². The summed E-state index contributed by atoms with van der Waals surface area (Å²) in [4.78, 5) is 0.635. The van der Waals surface area contributed by atoms with Crippen LogP contribution in [-0.2, 0) is 0 Å². The van der Waals surface area contributed by atoms with Crippen molar-refractivity contribution >= 4 is 11.3 Å². The lowest BCUT2D eigenvalue weighted by Crippen LogP contribution is -2.01. The van der Waals surface area contributed by atoms with Gasteiger partial charge < -0.3 is 14.6 Å². The largest absolute Gasteiger partial charge is 0.497 e. The summed E-state index contributed by atoms with van der Waals surface area (Å²) in [6.45, 7) is 0. The number of hydrogen-bond donors (Lipinski definition) is 1. The monoisotopic (exact) mass is 268 g/mol. The van der Waals surface area contributed by atoms with Crippen LogP contribution in [0.2, 0.25) is 0 Å². The molecule has 0 amide bonds. The molecular formula is C13H13FO3S. The molecule has 2 rings (SSSR count). The first-order valence-electron chi connectivity index (χ1n) is 5.29. The molecule has 5 heteroatoms. The molecule has 0 saturated carbocycles. The van der Waals surface area contributed by atoms with Gasteiger partial charge in [0.1, 0.15) is 23.4 Å². The Bertz CT molecular complexity index is 539. The van der Waals surface area contributed by atoms with Gasteiger partial charge in [-0.3, -0.25) is 0 Å². The van der Waals surface area contributed by atoms with E-state index in [0.717, 1.165) is 0 Å². The predicted octanol–water partition coefficient (Wildman–Crippen LogP) is 2.99. The van der Waals surface area contributed by atoms with E-state index in [1.807, 2.05) is 0 Å². The Morgan fingerprint density at radius 1 is 1.17 bits per heavy atom. The van der Waals surface area contributed by atoms with Crippen LogP contribution in [0.15, 0.2) is 29.6 Å². The topological polar surface area (TPSA) is 38.7 Å². The van der Waals surface area contributed by atoms with Crippen LogP contribution < -0.4 is 9.47 Å². The standard InChI is InChI=1S/C13H13FO3S/c1-16-8-3-4-10(11(14)5-8)13(15)12-6-9(17-2)7-18-12/h3-7,13,15H,1-2H3. The van der Waals surface area contributed by atoms with Crippen LogP contribution in [0.4, 0.5) is 4.39 Å². The zero-order valence-corrected chi connectivity index (χ0v) is 10.8. The van der Waals surface area contributed by atoms with Crippen molar-refractivity contribution < 1.29 is 19.0 Å². The second kappa shape index (κ2) is 5.37. The second-order valence-electron chi connectivity index (χ2n) is 3.68. The number of aliphatic hydroxyl groups is 1. The molecule has 0 radical (unpaired) electrons. The van der Waals surface area contributed by atoms with Gasteiger partial charge in [-0.1, -0.05) is 0 Å². The minimum atomic E-state index is -0.996. The number of ether oxygens (including phenoxy) is 2. The summed E-state index contributed by atoms with van der Waals surface area (Å²) in [5, 5.41) is 11.9. The van der Waals surface area contributed by atoms with Crippen LogP contribution in [-0.4, -0.2) is 19.3 Å². The van der Waals surface area contributed by atoms with Crippen molar-refractivity contribution in [3.05, 3.63) is 45.9 Å². The first-order chi connectivity index (χ1) is 8.65. The number of benzene rings is 1. The van der Waals surface area contributed by atoms with Gasteiger partial charge in [0, 0.05) is 21.9 Å².